The first-order valence-corrected chi connectivity index (χ1v) is 9.84. The fraction of sp³-hybridized carbons (Fsp3) is 0.130. The topological polar surface area (TPSA) is 54.9 Å². The number of hydrogen-bond acceptors (Lipinski definition) is 4. The number of hydrazone groups is 1. The molecule has 3 aromatic carbocycles. The number of hydrogen-bond donors (Lipinski definition) is 2. The molecule has 3 aromatic rings. The van der Waals surface area contributed by atoms with Crippen molar-refractivity contribution in [3.05, 3.63) is 89.7 Å². The minimum absolute atomic E-state index is 0.274. The zero-order valence-electron chi connectivity index (χ0n) is 16.5. The van der Waals surface area contributed by atoms with Gasteiger partial charge in [0.05, 0.1) is 12.8 Å². The van der Waals surface area contributed by atoms with Crippen molar-refractivity contribution in [1.82, 2.24) is 5.43 Å². The zero-order valence-corrected chi connectivity index (χ0v) is 17.3. The molecular weight excluding hydrogens is 401 g/mol. The molecule has 0 radical (unpaired) electrons. The highest BCUT2D eigenvalue weighted by Crippen LogP contribution is 2.29. The molecule has 0 aliphatic carbocycles. The van der Waals surface area contributed by atoms with E-state index in [1.54, 1.807) is 18.3 Å². The third-order valence-electron chi connectivity index (χ3n) is 3.99. The molecule has 7 heteroatoms. The number of nitrogens with one attached hydrogen (secondary N) is 2. The lowest BCUT2D eigenvalue weighted by atomic mass is 10.2. The van der Waals surface area contributed by atoms with E-state index in [1.165, 1.54) is 12.1 Å². The van der Waals surface area contributed by atoms with Crippen LogP contribution in [0.3, 0.4) is 0 Å². The molecule has 0 heterocycles. The first kappa shape index (κ1) is 21.3. The number of benzene rings is 3. The number of thiocarbonyl (C=S) groups is 1. The molecule has 0 saturated heterocycles. The molecule has 0 fully saturated rings. The molecule has 2 N–H and O–H groups in total. The Morgan fingerprint density at radius 3 is 2.50 bits per heavy atom. The van der Waals surface area contributed by atoms with Gasteiger partial charge in [0.15, 0.2) is 16.6 Å². The monoisotopic (exact) mass is 423 g/mol. The van der Waals surface area contributed by atoms with Gasteiger partial charge < -0.3 is 14.8 Å². The SMILES string of the molecule is CCOc1cc(C=NNC(=S)Nc2ccccc2)ccc1OCc1ccc(F)cc1. The van der Waals surface area contributed by atoms with Crippen LogP contribution in [-0.2, 0) is 6.61 Å². The smallest absolute Gasteiger partial charge is 0.191 e. The van der Waals surface area contributed by atoms with Crippen LogP contribution in [0.1, 0.15) is 18.1 Å². The van der Waals surface area contributed by atoms with Crippen LogP contribution >= 0.6 is 12.2 Å². The highest BCUT2D eigenvalue weighted by molar-refractivity contribution is 7.80. The predicted molar refractivity (Wildman–Crippen MR) is 122 cm³/mol. The van der Waals surface area contributed by atoms with E-state index in [4.69, 9.17) is 21.7 Å². The molecular formula is C23H22FN3O2S. The molecule has 0 atom stereocenters. The van der Waals surface area contributed by atoms with Crippen molar-refractivity contribution < 1.29 is 13.9 Å². The number of para-hydroxylation sites is 1. The second-order valence-corrected chi connectivity index (χ2v) is 6.65. The molecule has 0 aliphatic rings. The first-order chi connectivity index (χ1) is 14.6. The van der Waals surface area contributed by atoms with Gasteiger partial charge in [-0.2, -0.15) is 5.10 Å². The standard InChI is InChI=1S/C23H22FN3O2S/c1-2-28-22-14-18(15-25-27-23(30)26-20-6-4-3-5-7-20)10-13-21(22)29-16-17-8-11-19(24)12-9-17/h3-15H,2,16H2,1H3,(H2,26,27,30). The van der Waals surface area contributed by atoms with Crippen molar-refractivity contribution in [1.29, 1.82) is 0 Å². The summed E-state index contributed by atoms with van der Waals surface area (Å²) in [5.74, 6) is 0.936. The van der Waals surface area contributed by atoms with Gasteiger partial charge in [-0.1, -0.05) is 30.3 Å². The number of anilines is 1. The largest absolute Gasteiger partial charge is 0.490 e. The van der Waals surface area contributed by atoms with Gasteiger partial charge in [-0.15, -0.1) is 0 Å². The van der Waals surface area contributed by atoms with Gasteiger partial charge in [-0.05, 0) is 72.7 Å². The third kappa shape index (κ3) is 6.56. The molecule has 5 nitrogen and oxygen atoms in total. The maximum atomic E-state index is 13.0. The fourth-order valence-electron chi connectivity index (χ4n) is 2.58. The lowest BCUT2D eigenvalue weighted by Crippen LogP contribution is -2.23. The van der Waals surface area contributed by atoms with Crippen molar-refractivity contribution in [2.24, 2.45) is 5.10 Å². The summed E-state index contributed by atoms with van der Waals surface area (Å²) in [5.41, 5.74) is 5.36. The minimum atomic E-state index is -0.274. The fourth-order valence-corrected chi connectivity index (χ4v) is 2.75. The van der Waals surface area contributed by atoms with Crippen LogP contribution in [0.25, 0.3) is 0 Å². The Morgan fingerprint density at radius 1 is 1.00 bits per heavy atom. The molecule has 0 bridgehead atoms. The van der Waals surface area contributed by atoms with E-state index in [9.17, 15) is 4.39 Å². The van der Waals surface area contributed by atoms with Crippen molar-refractivity contribution in [2.45, 2.75) is 13.5 Å². The number of nitrogens with zero attached hydrogens (tertiary/aromatic N) is 1. The van der Waals surface area contributed by atoms with Crippen LogP contribution < -0.4 is 20.2 Å². The summed E-state index contributed by atoms with van der Waals surface area (Å²) in [4.78, 5) is 0. The summed E-state index contributed by atoms with van der Waals surface area (Å²) in [5, 5.41) is 7.59. The second kappa shape index (κ2) is 10.9. The van der Waals surface area contributed by atoms with Crippen LogP contribution in [0.15, 0.2) is 77.9 Å². The summed E-state index contributed by atoms with van der Waals surface area (Å²) < 4.78 is 24.6. The van der Waals surface area contributed by atoms with E-state index in [-0.39, 0.29) is 5.82 Å². The van der Waals surface area contributed by atoms with Gasteiger partial charge in [0.25, 0.3) is 0 Å². The molecule has 0 amide bonds. The lowest BCUT2D eigenvalue weighted by Gasteiger charge is -2.12. The van der Waals surface area contributed by atoms with Crippen LogP contribution in [0.4, 0.5) is 10.1 Å². The summed E-state index contributed by atoms with van der Waals surface area (Å²) in [6.07, 6.45) is 1.64. The van der Waals surface area contributed by atoms with E-state index >= 15 is 0 Å². The van der Waals surface area contributed by atoms with E-state index < -0.39 is 0 Å². The summed E-state index contributed by atoms with van der Waals surface area (Å²) in [7, 11) is 0. The van der Waals surface area contributed by atoms with Crippen LogP contribution in [0.5, 0.6) is 11.5 Å². The molecule has 3 rings (SSSR count). The quantitative estimate of drug-likeness (QED) is 0.299. The van der Waals surface area contributed by atoms with Gasteiger partial charge in [0, 0.05) is 5.69 Å². The Labute approximate surface area is 180 Å². The normalized spacial score (nSPS) is 10.6. The average Bonchev–Trinajstić information content (AvgIpc) is 2.75. The molecule has 30 heavy (non-hydrogen) atoms. The minimum Gasteiger partial charge on any atom is -0.490 e. The van der Waals surface area contributed by atoms with Crippen molar-refractivity contribution in [3.8, 4) is 11.5 Å². The van der Waals surface area contributed by atoms with Crippen LogP contribution in [0.2, 0.25) is 0 Å². The van der Waals surface area contributed by atoms with Gasteiger partial charge in [0.1, 0.15) is 12.4 Å². The number of ether oxygens (including phenoxy) is 2. The Morgan fingerprint density at radius 2 is 1.77 bits per heavy atom. The lowest BCUT2D eigenvalue weighted by molar-refractivity contribution is 0.269. The van der Waals surface area contributed by atoms with Crippen LogP contribution in [-0.4, -0.2) is 17.9 Å². The highest BCUT2D eigenvalue weighted by Gasteiger charge is 2.07. The number of halogens is 1. The van der Waals surface area contributed by atoms with Gasteiger partial charge >= 0.3 is 0 Å². The van der Waals surface area contributed by atoms with Gasteiger partial charge in [0.2, 0.25) is 0 Å². The van der Waals surface area contributed by atoms with E-state index in [1.807, 2.05) is 55.5 Å². The molecule has 0 aliphatic heterocycles. The molecule has 0 unspecified atom stereocenters. The second-order valence-electron chi connectivity index (χ2n) is 6.24. The van der Waals surface area contributed by atoms with E-state index in [2.05, 4.69) is 15.8 Å². The Hall–Kier alpha value is -3.45. The summed E-state index contributed by atoms with van der Waals surface area (Å²) >= 11 is 5.22. The maximum Gasteiger partial charge on any atom is 0.191 e. The van der Waals surface area contributed by atoms with Crippen LogP contribution in [0, 0.1) is 5.82 Å². The molecule has 0 spiro atoms. The molecule has 0 aromatic heterocycles. The predicted octanol–water partition coefficient (Wildman–Crippen LogP) is 5.12. The third-order valence-corrected chi connectivity index (χ3v) is 4.18. The average molecular weight is 424 g/mol. The molecule has 154 valence electrons. The highest BCUT2D eigenvalue weighted by atomic mass is 32.1. The Bertz CT molecular complexity index is 995. The van der Waals surface area contributed by atoms with Crippen molar-refractivity contribution >= 4 is 29.2 Å². The van der Waals surface area contributed by atoms with Gasteiger partial charge in [-0.25, -0.2) is 4.39 Å². The van der Waals surface area contributed by atoms with Crippen molar-refractivity contribution in [2.75, 3.05) is 11.9 Å². The van der Waals surface area contributed by atoms with E-state index in [0.29, 0.717) is 29.8 Å². The number of rotatable bonds is 8. The van der Waals surface area contributed by atoms with E-state index in [0.717, 1.165) is 16.8 Å². The summed E-state index contributed by atoms with van der Waals surface area (Å²) in [6, 6.07) is 21.3. The van der Waals surface area contributed by atoms with Gasteiger partial charge in [-0.3, -0.25) is 5.43 Å². The first-order valence-electron chi connectivity index (χ1n) is 9.43. The Balaban J connectivity index is 1.60. The Kier molecular flexibility index (Phi) is 7.74. The van der Waals surface area contributed by atoms with Crippen molar-refractivity contribution in [3.63, 3.8) is 0 Å². The maximum absolute atomic E-state index is 13.0. The summed E-state index contributed by atoms with van der Waals surface area (Å²) in [6.45, 7) is 2.71. The molecule has 0 saturated carbocycles. The zero-order chi connectivity index (χ0) is 21.2.